The van der Waals surface area contributed by atoms with Crippen molar-refractivity contribution in [2.45, 2.75) is 32.5 Å². The van der Waals surface area contributed by atoms with Crippen LogP contribution in [0.1, 0.15) is 28.8 Å². The van der Waals surface area contributed by atoms with Crippen molar-refractivity contribution in [1.29, 1.82) is 0 Å². The number of nitrogens with one attached hydrogen (secondary N) is 1. The van der Waals surface area contributed by atoms with Gasteiger partial charge in [0.15, 0.2) is 17.0 Å². The van der Waals surface area contributed by atoms with Gasteiger partial charge in [0, 0.05) is 16.4 Å². The third-order valence-corrected chi connectivity index (χ3v) is 4.80. The molecular weight excluding hydrogens is 298 g/mol. The fourth-order valence-corrected chi connectivity index (χ4v) is 3.55. The smallest absolute Gasteiger partial charge is 0.167 e. The van der Waals surface area contributed by atoms with E-state index in [1.54, 1.807) is 24.0 Å². The first-order valence-electron chi connectivity index (χ1n) is 7.39. The number of anilines is 1. The highest BCUT2D eigenvalue weighted by Crippen LogP contribution is 2.28. The maximum atomic E-state index is 5.72. The molecule has 0 bridgehead atoms. The van der Waals surface area contributed by atoms with Crippen LogP contribution in [0.4, 0.5) is 5.82 Å². The molecule has 4 rings (SSSR count). The van der Waals surface area contributed by atoms with E-state index in [-0.39, 0.29) is 6.23 Å². The van der Waals surface area contributed by atoms with Crippen molar-refractivity contribution in [3.8, 4) is 0 Å². The van der Waals surface area contributed by atoms with Crippen LogP contribution in [0.2, 0.25) is 0 Å². The number of imidazole rings is 1. The molecule has 1 aliphatic heterocycles. The minimum atomic E-state index is 0.0488. The fraction of sp³-hybridized carbons (Fsp3) is 0.400. The zero-order valence-electron chi connectivity index (χ0n) is 12.3. The van der Waals surface area contributed by atoms with Gasteiger partial charge in [-0.3, -0.25) is 4.57 Å². The van der Waals surface area contributed by atoms with Gasteiger partial charge in [-0.2, -0.15) is 0 Å². The van der Waals surface area contributed by atoms with Crippen molar-refractivity contribution in [1.82, 2.24) is 19.5 Å². The molecule has 3 aromatic rings. The van der Waals surface area contributed by atoms with Crippen molar-refractivity contribution in [2.75, 3.05) is 11.9 Å². The Balaban J connectivity index is 1.61. The lowest BCUT2D eigenvalue weighted by Gasteiger charge is -2.11. The van der Waals surface area contributed by atoms with Gasteiger partial charge in [-0.05, 0) is 31.9 Å². The quantitative estimate of drug-likeness (QED) is 0.801. The molecule has 0 spiro atoms. The van der Waals surface area contributed by atoms with E-state index in [1.807, 2.05) is 4.57 Å². The van der Waals surface area contributed by atoms with E-state index in [0.717, 1.165) is 43.0 Å². The molecule has 22 heavy (non-hydrogen) atoms. The maximum absolute atomic E-state index is 5.72. The molecule has 0 aromatic carbocycles. The first-order chi connectivity index (χ1) is 10.8. The lowest BCUT2D eigenvalue weighted by atomic mass is 10.3. The number of fused-ring (bicyclic) bond motifs is 1. The summed E-state index contributed by atoms with van der Waals surface area (Å²) in [5, 5.41) is 3.36. The molecule has 0 saturated carbocycles. The molecule has 1 N–H and O–H groups in total. The van der Waals surface area contributed by atoms with Crippen LogP contribution >= 0.6 is 11.3 Å². The topological polar surface area (TPSA) is 64.9 Å². The van der Waals surface area contributed by atoms with E-state index < -0.39 is 0 Å². The lowest BCUT2D eigenvalue weighted by Crippen LogP contribution is -2.07. The van der Waals surface area contributed by atoms with Gasteiger partial charge in [0.1, 0.15) is 12.6 Å². The number of aromatic nitrogens is 4. The van der Waals surface area contributed by atoms with Crippen LogP contribution in [0.25, 0.3) is 11.2 Å². The van der Waals surface area contributed by atoms with Gasteiger partial charge in [0.05, 0.1) is 12.9 Å². The molecule has 6 nitrogen and oxygen atoms in total. The summed E-state index contributed by atoms with van der Waals surface area (Å²) in [6.07, 6.45) is 5.52. The van der Waals surface area contributed by atoms with Crippen molar-refractivity contribution < 1.29 is 4.74 Å². The SMILES string of the molecule is Cc1ccc(CNc2ncnc3c2ncn3C2CCCO2)s1. The van der Waals surface area contributed by atoms with Gasteiger partial charge in [0.2, 0.25) is 0 Å². The van der Waals surface area contributed by atoms with E-state index in [4.69, 9.17) is 4.74 Å². The molecule has 1 atom stereocenters. The number of hydrogen-bond donors (Lipinski definition) is 1. The Bertz CT molecular complexity index is 790. The molecule has 7 heteroatoms. The average molecular weight is 315 g/mol. The zero-order valence-corrected chi connectivity index (χ0v) is 13.1. The Hall–Kier alpha value is -1.99. The van der Waals surface area contributed by atoms with Crippen LogP contribution in [0, 0.1) is 6.92 Å². The predicted molar refractivity (Wildman–Crippen MR) is 85.9 cm³/mol. The molecule has 1 saturated heterocycles. The number of ether oxygens (including phenoxy) is 1. The number of aryl methyl sites for hydroxylation is 1. The van der Waals surface area contributed by atoms with Gasteiger partial charge in [0.25, 0.3) is 0 Å². The third-order valence-electron chi connectivity index (χ3n) is 3.80. The lowest BCUT2D eigenvalue weighted by molar-refractivity contribution is 0.0593. The number of nitrogens with zero attached hydrogens (tertiary/aromatic N) is 4. The second-order valence-electron chi connectivity index (χ2n) is 5.38. The van der Waals surface area contributed by atoms with Gasteiger partial charge in [-0.15, -0.1) is 11.3 Å². The molecular formula is C15H17N5OS. The summed E-state index contributed by atoms with van der Waals surface area (Å²) >= 11 is 1.79. The number of rotatable bonds is 4. The van der Waals surface area contributed by atoms with Gasteiger partial charge in [-0.1, -0.05) is 0 Å². The fourth-order valence-electron chi connectivity index (χ4n) is 2.72. The molecule has 1 fully saturated rings. The first-order valence-corrected chi connectivity index (χ1v) is 8.21. The highest BCUT2D eigenvalue weighted by molar-refractivity contribution is 7.11. The zero-order chi connectivity index (χ0) is 14.9. The van der Waals surface area contributed by atoms with Crippen LogP contribution < -0.4 is 5.32 Å². The molecule has 3 aromatic heterocycles. The molecule has 4 heterocycles. The number of hydrogen-bond acceptors (Lipinski definition) is 6. The van der Waals surface area contributed by atoms with Crippen molar-refractivity contribution >= 4 is 28.3 Å². The summed E-state index contributed by atoms with van der Waals surface area (Å²) in [7, 11) is 0. The third kappa shape index (κ3) is 2.46. The average Bonchev–Trinajstić information content (AvgIpc) is 3.24. The van der Waals surface area contributed by atoms with Crippen LogP contribution in [0.3, 0.4) is 0 Å². The Morgan fingerprint density at radius 3 is 3.09 bits per heavy atom. The highest BCUT2D eigenvalue weighted by atomic mass is 32.1. The summed E-state index contributed by atoms with van der Waals surface area (Å²) in [6, 6.07) is 4.26. The standard InChI is InChI=1S/C15H17N5OS/c1-10-4-5-11(22-10)7-16-14-13-15(18-8-17-14)20(9-19-13)12-3-2-6-21-12/h4-5,8-9,12H,2-3,6-7H2,1H3,(H,16,17,18). The largest absolute Gasteiger partial charge is 0.363 e. The van der Waals surface area contributed by atoms with E-state index in [9.17, 15) is 0 Å². The summed E-state index contributed by atoms with van der Waals surface area (Å²) in [5.41, 5.74) is 1.62. The van der Waals surface area contributed by atoms with Gasteiger partial charge >= 0.3 is 0 Å². The van der Waals surface area contributed by atoms with Crippen LogP contribution in [-0.4, -0.2) is 26.1 Å². The van der Waals surface area contributed by atoms with Crippen LogP contribution in [0.5, 0.6) is 0 Å². The number of thiophene rings is 1. The predicted octanol–water partition coefficient (Wildman–Crippen LogP) is 3.12. The Kier molecular flexibility index (Phi) is 3.51. The Morgan fingerprint density at radius 2 is 2.32 bits per heavy atom. The molecule has 0 radical (unpaired) electrons. The van der Waals surface area contributed by atoms with E-state index in [0.29, 0.717) is 0 Å². The molecule has 114 valence electrons. The monoisotopic (exact) mass is 315 g/mol. The van der Waals surface area contributed by atoms with Crippen LogP contribution in [0.15, 0.2) is 24.8 Å². The van der Waals surface area contributed by atoms with Crippen molar-refractivity contribution in [3.05, 3.63) is 34.5 Å². The van der Waals surface area contributed by atoms with E-state index >= 15 is 0 Å². The first kappa shape index (κ1) is 13.7. The summed E-state index contributed by atoms with van der Waals surface area (Å²) in [5.74, 6) is 0.771. The normalized spacial score (nSPS) is 18.1. The van der Waals surface area contributed by atoms with Crippen LogP contribution in [-0.2, 0) is 11.3 Å². The highest BCUT2D eigenvalue weighted by Gasteiger charge is 2.21. The summed E-state index contributed by atoms with van der Waals surface area (Å²) in [4.78, 5) is 15.8. The van der Waals surface area contributed by atoms with Crippen molar-refractivity contribution in [3.63, 3.8) is 0 Å². The molecule has 0 aliphatic carbocycles. The van der Waals surface area contributed by atoms with Crippen molar-refractivity contribution in [2.24, 2.45) is 0 Å². The van der Waals surface area contributed by atoms with E-state index in [2.05, 4.69) is 39.3 Å². The minimum Gasteiger partial charge on any atom is -0.363 e. The molecule has 0 amide bonds. The maximum Gasteiger partial charge on any atom is 0.167 e. The van der Waals surface area contributed by atoms with Gasteiger partial charge < -0.3 is 10.1 Å². The second kappa shape index (κ2) is 5.66. The Labute approximate surface area is 132 Å². The summed E-state index contributed by atoms with van der Waals surface area (Å²) < 4.78 is 7.73. The van der Waals surface area contributed by atoms with E-state index in [1.165, 1.54) is 9.75 Å². The minimum absolute atomic E-state index is 0.0488. The van der Waals surface area contributed by atoms with Gasteiger partial charge in [-0.25, -0.2) is 15.0 Å². The summed E-state index contributed by atoms with van der Waals surface area (Å²) in [6.45, 7) is 3.66. The Morgan fingerprint density at radius 1 is 1.36 bits per heavy atom. The molecule has 1 unspecified atom stereocenters. The second-order valence-corrected chi connectivity index (χ2v) is 6.75. The molecule has 1 aliphatic rings.